The number of alkyl halides is 3. The molecule has 2 rings (SSSR count). The van der Waals surface area contributed by atoms with Crippen LogP contribution in [0.4, 0.5) is 13.2 Å². The summed E-state index contributed by atoms with van der Waals surface area (Å²) in [6.45, 7) is 2.50. The predicted octanol–water partition coefficient (Wildman–Crippen LogP) is 2.69. The molecule has 0 amide bonds. The van der Waals surface area contributed by atoms with Crippen LogP contribution in [-0.2, 0) is 13.1 Å². The molecule has 0 aliphatic carbocycles. The van der Waals surface area contributed by atoms with Crippen LogP contribution in [0.2, 0.25) is 0 Å². The molecular weight excluding hydrogens is 269 g/mol. The van der Waals surface area contributed by atoms with Gasteiger partial charge in [0, 0.05) is 6.54 Å². The number of nitrogens with one attached hydrogen (secondary N) is 1. The molecule has 0 radical (unpaired) electrons. The van der Waals surface area contributed by atoms with Gasteiger partial charge < -0.3 is 4.57 Å². The summed E-state index contributed by atoms with van der Waals surface area (Å²) >= 11 is 0. The van der Waals surface area contributed by atoms with Crippen molar-refractivity contribution in [3.8, 4) is 0 Å². The summed E-state index contributed by atoms with van der Waals surface area (Å²) in [4.78, 5) is 0. The zero-order valence-corrected chi connectivity index (χ0v) is 10.9. The minimum Gasteiger partial charge on any atom is -0.317 e. The average molecular weight is 284 g/mol. The lowest BCUT2D eigenvalue weighted by molar-refractivity contribution is -0.158. The number of hydrogen-bond acceptors (Lipinski definition) is 3. The molecule has 7 heteroatoms. The maximum Gasteiger partial charge on any atom is 0.407 e. The van der Waals surface area contributed by atoms with Crippen molar-refractivity contribution in [1.82, 2.24) is 20.1 Å². The van der Waals surface area contributed by atoms with Gasteiger partial charge in [-0.05, 0) is 12.5 Å². The third-order valence-electron chi connectivity index (χ3n) is 2.96. The molecule has 0 bridgehead atoms. The van der Waals surface area contributed by atoms with Gasteiger partial charge in [-0.2, -0.15) is 13.2 Å². The van der Waals surface area contributed by atoms with Gasteiger partial charge in [0.2, 0.25) is 0 Å². The third kappa shape index (κ3) is 3.36. The predicted molar refractivity (Wildman–Crippen MR) is 67.8 cm³/mol. The minimum atomic E-state index is -4.36. The van der Waals surface area contributed by atoms with Gasteiger partial charge in [-0.15, -0.1) is 10.2 Å². The summed E-state index contributed by atoms with van der Waals surface area (Å²) in [6.07, 6.45) is -2.86. The Labute approximate surface area is 114 Å². The normalized spacial score (nSPS) is 13.4. The first-order chi connectivity index (χ1) is 9.52. The molecule has 1 heterocycles. The molecule has 0 aliphatic rings. The van der Waals surface area contributed by atoms with Crippen LogP contribution in [0.1, 0.15) is 24.4 Å². The maximum absolute atomic E-state index is 13.1. The van der Waals surface area contributed by atoms with Gasteiger partial charge in [0.1, 0.15) is 18.2 Å². The number of nitrogens with zero attached hydrogens (tertiary/aromatic N) is 3. The van der Waals surface area contributed by atoms with E-state index >= 15 is 0 Å². The van der Waals surface area contributed by atoms with Crippen LogP contribution in [0.25, 0.3) is 0 Å². The lowest BCUT2D eigenvalue weighted by Gasteiger charge is -2.22. The molecule has 0 aliphatic heterocycles. The summed E-state index contributed by atoms with van der Waals surface area (Å²) in [5.41, 5.74) is 0.183. The van der Waals surface area contributed by atoms with Gasteiger partial charge in [0.05, 0.1) is 6.54 Å². The average Bonchev–Trinajstić information content (AvgIpc) is 2.86. The van der Waals surface area contributed by atoms with Crippen molar-refractivity contribution in [2.24, 2.45) is 0 Å². The van der Waals surface area contributed by atoms with Gasteiger partial charge in [-0.25, -0.2) is 0 Å². The van der Waals surface area contributed by atoms with E-state index in [0.717, 1.165) is 0 Å². The highest BCUT2D eigenvalue weighted by molar-refractivity contribution is 5.20. The maximum atomic E-state index is 13.1. The van der Waals surface area contributed by atoms with Crippen molar-refractivity contribution in [2.45, 2.75) is 32.2 Å². The number of hydrogen-bond donors (Lipinski definition) is 1. The monoisotopic (exact) mass is 284 g/mol. The Morgan fingerprint density at radius 2 is 1.95 bits per heavy atom. The molecule has 0 saturated carbocycles. The van der Waals surface area contributed by atoms with Crippen molar-refractivity contribution in [3.63, 3.8) is 0 Å². The zero-order chi connectivity index (χ0) is 14.6. The highest BCUT2D eigenvalue weighted by Crippen LogP contribution is 2.32. The molecule has 1 aromatic heterocycles. The molecule has 4 nitrogen and oxygen atoms in total. The van der Waals surface area contributed by atoms with Crippen molar-refractivity contribution >= 4 is 0 Å². The third-order valence-corrected chi connectivity index (χ3v) is 2.96. The Bertz CT molecular complexity index is 536. The minimum absolute atomic E-state index is 0.00686. The number of rotatable bonds is 5. The van der Waals surface area contributed by atoms with E-state index in [1.54, 1.807) is 22.8 Å². The number of benzene rings is 1. The molecule has 0 fully saturated rings. The van der Waals surface area contributed by atoms with E-state index in [2.05, 4.69) is 15.5 Å². The first-order valence-electron chi connectivity index (χ1n) is 6.24. The van der Waals surface area contributed by atoms with Crippen LogP contribution in [0.15, 0.2) is 36.7 Å². The van der Waals surface area contributed by atoms with Gasteiger partial charge in [0.25, 0.3) is 0 Å². The van der Waals surface area contributed by atoms with Crippen LogP contribution < -0.4 is 5.32 Å². The van der Waals surface area contributed by atoms with Crippen LogP contribution >= 0.6 is 0 Å². The Kier molecular flexibility index (Phi) is 4.39. The van der Waals surface area contributed by atoms with Crippen molar-refractivity contribution < 1.29 is 13.2 Å². The molecule has 108 valence electrons. The lowest BCUT2D eigenvalue weighted by Crippen LogP contribution is -2.34. The van der Waals surface area contributed by atoms with E-state index in [1.165, 1.54) is 18.5 Å². The summed E-state index contributed by atoms with van der Waals surface area (Å²) in [5.74, 6) is 0.484. The molecular formula is C13H15F3N4. The quantitative estimate of drug-likeness (QED) is 0.918. The highest BCUT2D eigenvalue weighted by atomic mass is 19.4. The van der Waals surface area contributed by atoms with Gasteiger partial charge in [-0.3, -0.25) is 5.32 Å². The van der Waals surface area contributed by atoms with Gasteiger partial charge in [0.15, 0.2) is 0 Å². The smallest absolute Gasteiger partial charge is 0.317 e. The molecule has 2 aromatic rings. The SMILES string of the molecule is CCn1cnnc1CNC(c1ccccc1)C(F)(F)F. The first-order valence-corrected chi connectivity index (χ1v) is 6.24. The van der Waals surface area contributed by atoms with Gasteiger partial charge >= 0.3 is 6.18 Å². The first kappa shape index (κ1) is 14.5. The standard InChI is InChI=1S/C13H15F3N4/c1-2-20-9-18-19-11(20)8-17-12(13(14,15)16)10-6-4-3-5-7-10/h3-7,9,12,17H,2,8H2,1H3. The molecule has 1 aromatic carbocycles. The van der Waals surface area contributed by atoms with Crippen molar-refractivity contribution in [3.05, 3.63) is 48.0 Å². The summed E-state index contributed by atoms with van der Waals surface area (Å²) in [7, 11) is 0. The van der Waals surface area contributed by atoms with Crippen molar-refractivity contribution in [2.75, 3.05) is 0 Å². The van der Waals surface area contributed by atoms with Crippen LogP contribution in [-0.4, -0.2) is 20.9 Å². The van der Waals surface area contributed by atoms with Crippen molar-refractivity contribution in [1.29, 1.82) is 0 Å². The van der Waals surface area contributed by atoms with E-state index in [1.807, 2.05) is 6.92 Å². The zero-order valence-electron chi connectivity index (χ0n) is 10.9. The van der Waals surface area contributed by atoms with Gasteiger partial charge in [-0.1, -0.05) is 30.3 Å². The fourth-order valence-electron chi connectivity index (χ4n) is 1.94. The Balaban J connectivity index is 2.14. The topological polar surface area (TPSA) is 42.7 Å². The molecule has 1 unspecified atom stereocenters. The Morgan fingerprint density at radius 3 is 2.55 bits per heavy atom. The lowest BCUT2D eigenvalue weighted by atomic mass is 10.1. The molecule has 1 atom stereocenters. The Morgan fingerprint density at radius 1 is 1.25 bits per heavy atom. The van der Waals surface area contributed by atoms with E-state index in [9.17, 15) is 13.2 Å². The van der Waals surface area contributed by atoms with E-state index < -0.39 is 12.2 Å². The van der Waals surface area contributed by atoms with E-state index in [4.69, 9.17) is 0 Å². The van der Waals surface area contributed by atoms with Crippen LogP contribution in [0.3, 0.4) is 0 Å². The van der Waals surface area contributed by atoms with E-state index in [0.29, 0.717) is 12.4 Å². The Hall–Kier alpha value is -1.89. The fraction of sp³-hybridized carbons (Fsp3) is 0.385. The summed E-state index contributed by atoms with van der Waals surface area (Å²) in [5, 5.41) is 10.0. The second-order valence-electron chi connectivity index (χ2n) is 4.30. The highest BCUT2D eigenvalue weighted by Gasteiger charge is 2.40. The molecule has 0 spiro atoms. The number of aromatic nitrogens is 3. The molecule has 0 saturated heterocycles. The largest absolute Gasteiger partial charge is 0.407 e. The van der Waals surface area contributed by atoms with Crippen LogP contribution in [0.5, 0.6) is 0 Å². The second kappa shape index (κ2) is 6.04. The fourth-order valence-corrected chi connectivity index (χ4v) is 1.94. The van der Waals surface area contributed by atoms with Crippen LogP contribution in [0, 0.1) is 0 Å². The number of aryl methyl sites for hydroxylation is 1. The van der Waals surface area contributed by atoms with E-state index in [-0.39, 0.29) is 12.1 Å². The summed E-state index contributed by atoms with van der Waals surface area (Å²) in [6, 6.07) is 6.05. The molecule has 20 heavy (non-hydrogen) atoms. The molecule has 1 N–H and O–H groups in total. The second-order valence-corrected chi connectivity index (χ2v) is 4.30. The summed E-state index contributed by atoms with van der Waals surface area (Å²) < 4.78 is 41.0. The number of halogens is 3.